The maximum Gasteiger partial charge on any atom is 0.221 e. The molecule has 0 aliphatic carbocycles. The molecule has 3 rings (SSSR count). The summed E-state index contributed by atoms with van der Waals surface area (Å²) in [5, 5.41) is 6.60. The maximum atomic E-state index is 11.5. The first-order valence-electron chi connectivity index (χ1n) is 8.93. The highest BCUT2D eigenvalue weighted by atomic mass is 32.2. The normalized spacial score (nSPS) is 11.2. The Bertz CT molecular complexity index is 1020. The van der Waals surface area contributed by atoms with E-state index in [-0.39, 0.29) is 5.91 Å². The molecule has 1 aromatic heterocycles. The Morgan fingerprint density at radius 2 is 1.86 bits per heavy atom. The second-order valence-corrected chi connectivity index (χ2v) is 7.06. The van der Waals surface area contributed by atoms with Gasteiger partial charge in [-0.2, -0.15) is 0 Å². The van der Waals surface area contributed by atoms with Gasteiger partial charge in [0, 0.05) is 29.9 Å². The number of nitrogens with two attached hydrogens (primary N) is 1. The molecule has 0 aliphatic rings. The first-order valence-corrected chi connectivity index (χ1v) is 10.2. The van der Waals surface area contributed by atoms with Crippen molar-refractivity contribution in [3.8, 4) is 11.3 Å². The van der Waals surface area contributed by atoms with Crippen molar-refractivity contribution in [1.82, 2.24) is 9.97 Å². The Balaban J connectivity index is 1.88. The lowest BCUT2D eigenvalue weighted by atomic mass is 10.1. The van der Waals surface area contributed by atoms with Gasteiger partial charge in [0.05, 0.1) is 12.2 Å². The molecule has 0 atom stereocenters. The van der Waals surface area contributed by atoms with Crippen LogP contribution in [0.3, 0.4) is 0 Å². The molecule has 29 heavy (non-hydrogen) atoms. The molecule has 0 unspecified atom stereocenters. The number of amidine groups is 1. The smallest absolute Gasteiger partial charge is 0.221 e. The summed E-state index contributed by atoms with van der Waals surface area (Å²) in [6.45, 7) is 1.88. The summed E-state index contributed by atoms with van der Waals surface area (Å²) in [5.41, 5.74) is 9.97. The molecule has 0 saturated carbocycles. The molecule has 0 bridgehead atoms. The number of amides is 1. The van der Waals surface area contributed by atoms with E-state index in [0.29, 0.717) is 23.2 Å². The van der Waals surface area contributed by atoms with E-state index in [4.69, 9.17) is 5.73 Å². The fourth-order valence-corrected chi connectivity index (χ4v) is 2.90. The lowest BCUT2D eigenvalue weighted by Gasteiger charge is -2.12. The highest BCUT2D eigenvalue weighted by Crippen LogP contribution is 2.25. The molecule has 148 valence electrons. The third-order valence-corrected chi connectivity index (χ3v) is 4.50. The molecule has 8 heteroatoms. The lowest BCUT2D eigenvalue weighted by Crippen LogP contribution is -2.08. The minimum Gasteiger partial charge on any atom is -0.379 e. The van der Waals surface area contributed by atoms with Crippen LogP contribution in [0.4, 0.5) is 17.2 Å². The first-order chi connectivity index (χ1) is 14.0. The van der Waals surface area contributed by atoms with E-state index >= 15 is 0 Å². The van der Waals surface area contributed by atoms with Crippen molar-refractivity contribution >= 4 is 40.0 Å². The Morgan fingerprint density at radius 3 is 2.59 bits per heavy atom. The standard InChI is InChI=1S/C21H22N6OS/c1-14(28)26-17-8-15(12-23-21(22)29-2)9-18(10-17)27-20-11-19(24-13-25-20)16-6-4-3-5-7-16/h3-11,13H,12H2,1-2H3,(H2,22,23)(H,26,28)(H,24,25,27). The van der Waals surface area contributed by atoms with Crippen molar-refractivity contribution in [3.63, 3.8) is 0 Å². The number of aromatic nitrogens is 2. The van der Waals surface area contributed by atoms with Crippen LogP contribution < -0.4 is 16.4 Å². The number of anilines is 3. The zero-order valence-corrected chi connectivity index (χ0v) is 17.0. The van der Waals surface area contributed by atoms with Gasteiger partial charge in [-0.3, -0.25) is 9.79 Å². The van der Waals surface area contributed by atoms with Crippen molar-refractivity contribution in [2.24, 2.45) is 10.7 Å². The minimum atomic E-state index is -0.145. The summed E-state index contributed by atoms with van der Waals surface area (Å²) in [5.74, 6) is 0.505. The van der Waals surface area contributed by atoms with Crippen LogP contribution in [0.5, 0.6) is 0 Å². The van der Waals surface area contributed by atoms with Crippen molar-refractivity contribution in [2.45, 2.75) is 13.5 Å². The second-order valence-electron chi connectivity index (χ2n) is 6.24. The Morgan fingerprint density at radius 1 is 1.10 bits per heavy atom. The quantitative estimate of drug-likeness (QED) is 0.422. The number of hydrogen-bond donors (Lipinski definition) is 3. The largest absolute Gasteiger partial charge is 0.379 e. The van der Waals surface area contributed by atoms with E-state index in [1.807, 2.05) is 60.9 Å². The molecule has 0 saturated heterocycles. The predicted octanol–water partition coefficient (Wildman–Crippen LogP) is 4.02. The van der Waals surface area contributed by atoms with E-state index in [0.717, 1.165) is 22.5 Å². The van der Waals surface area contributed by atoms with Gasteiger partial charge in [0.2, 0.25) is 5.91 Å². The second kappa shape index (κ2) is 9.70. The van der Waals surface area contributed by atoms with Gasteiger partial charge in [-0.25, -0.2) is 9.97 Å². The molecule has 0 radical (unpaired) electrons. The number of rotatable bonds is 6. The number of hydrogen-bond acceptors (Lipinski definition) is 6. The van der Waals surface area contributed by atoms with Crippen molar-refractivity contribution in [2.75, 3.05) is 16.9 Å². The van der Waals surface area contributed by atoms with Crippen LogP contribution in [0, 0.1) is 0 Å². The molecule has 0 aliphatic heterocycles. The average molecular weight is 407 g/mol. The Labute approximate surface area is 173 Å². The highest BCUT2D eigenvalue weighted by Gasteiger charge is 2.06. The van der Waals surface area contributed by atoms with Crippen LogP contribution in [-0.4, -0.2) is 27.3 Å². The number of carbonyl (C=O) groups excluding carboxylic acids is 1. The SMILES string of the molecule is CS/C(N)=N\Cc1cc(NC(C)=O)cc(Nc2cc(-c3ccccc3)ncn2)c1. The third-order valence-electron chi connectivity index (χ3n) is 3.95. The van der Waals surface area contributed by atoms with Gasteiger partial charge < -0.3 is 16.4 Å². The van der Waals surface area contributed by atoms with Gasteiger partial charge in [0.25, 0.3) is 0 Å². The predicted molar refractivity (Wildman–Crippen MR) is 120 cm³/mol. The summed E-state index contributed by atoms with van der Waals surface area (Å²) < 4.78 is 0. The van der Waals surface area contributed by atoms with Gasteiger partial charge in [0.1, 0.15) is 12.1 Å². The monoisotopic (exact) mass is 406 g/mol. The number of aliphatic imine (C=N–C) groups is 1. The van der Waals surface area contributed by atoms with Crippen molar-refractivity contribution in [1.29, 1.82) is 0 Å². The van der Waals surface area contributed by atoms with Crippen LogP contribution in [0.1, 0.15) is 12.5 Å². The van der Waals surface area contributed by atoms with Crippen LogP contribution in [-0.2, 0) is 11.3 Å². The van der Waals surface area contributed by atoms with Gasteiger partial charge in [-0.15, -0.1) is 0 Å². The Kier molecular flexibility index (Phi) is 6.80. The van der Waals surface area contributed by atoms with E-state index in [1.165, 1.54) is 25.0 Å². The number of thioether (sulfide) groups is 1. The molecule has 0 spiro atoms. The fraction of sp³-hybridized carbons (Fsp3) is 0.143. The van der Waals surface area contributed by atoms with Crippen molar-refractivity contribution in [3.05, 3.63) is 66.5 Å². The molecule has 1 amide bonds. The van der Waals surface area contributed by atoms with Crippen molar-refractivity contribution < 1.29 is 4.79 Å². The highest BCUT2D eigenvalue weighted by molar-refractivity contribution is 8.13. The zero-order chi connectivity index (χ0) is 20.6. The molecule has 1 heterocycles. The van der Waals surface area contributed by atoms with Gasteiger partial charge in [-0.05, 0) is 30.0 Å². The van der Waals surface area contributed by atoms with E-state index < -0.39 is 0 Å². The van der Waals surface area contributed by atoms with Gasteiger partial charge in [0.15, 0.2) is 5.17 Å². The molecule has 0 fully saturated rings. The lowest BCUT2D eigenvalue weighted by molar-refractivity contribution is -0.114. The summed E-state index contributed by atoms with van der Waals surface area (Å²) in [7, 11) is 0. The molecule has 4 N–H and O–H groups in total. The van der Waals surface area contributed by atoms with E-state index in [1.54, 1.807) is 0 Å². The topological polar surface area (TPSA) is 105 Å². The molecule has 3 aromatic rings. The number of carbonyl (C=O) groups is 1. The number of benzene rings is 2. The molecular weight excluding hydrogens is 384 g/mol. The Hall–Kier alpha value is -3.39. The van der Waals surface area contributed by atoms with Crippen LogP contribution in [0.15, 0.2) is 65.9 Å². The average Bonchev–Trinajstić information content (AvgIpc) is 2.72. The number of nitrogens with one attached hydrogen (secondary N) is 2. The summed E-state index contributed by atoms with van der Waals surface area (Å²) in [4.78, 5) is 24.5. The van der Waals surface area contributed by atoms with E-state index in [9.17, 15) is 4.79 Å². The van der Waals surface area contributed by atoms with Crippen LogP contribution in [0.2, 0.25) is 0 Å². The minimum absolute atomic E-state index is 0.145. The first kappa shape index (κ1) is 20.3. The van der Waals surface area contributed by atoms with E-state index in [2.05, 4.69) is 25.6 Å². The van der Waals surface area contributed by atoms with Crippen LogP contribution in [0.25, 0.3) is 11.3 Å². The zero-order valence-electron chi connectivity index (χ0n) is 16.2. The van der Waals surface area contributed by atoms with Crippen LogP contribution >= 0.6 is 11.8 Å². The molecular formula is C21H22N6OS. The number of nitrogens with zero attached hydrogens (tertiary/aromatic N) is 3. The van der Waals surface area contributed by atoms with Gasteiger partial charge >= 0.3 is 0 Å². The molecule has 2 aromatic carbocycles. The summed E-state index contributed by atoms with van der Waals surface area (Å²) in [6, 6.07) is 17.4. The fourth-order valence-electron chi connectivity index (χ4n) is 2.70. The third kappa shape index (κ3) is 6.05. The maximum absolute atomic E-state index is 11.5. The summed E-state index contributed by atoms with van der Waals surface area (Å²) in [6.07, 6.45) is 3.39. The molecule has 7 nitrogen and oxygen atoms in total. The van der Waals surface area contributed by atoms with Gasteiger partial charge in [-0.1, -0.05) is 42.1 Å². The summed E-state index contributed by atoms with van der Waals surface area (Å²) >= 11 is 1.39.